The molecule has 1 heterocycles. The van der Waals surface area contributed by atoms with Crippen LogP contribution in [0.2, 0.25) is 0 Å². The van der Waals surface area contributed by atoms with Crippen LogP contribution >= 0.6 is 0 Å². The maximum atomic E-state index is 6.07. The van der Waals surface area contributed by atoms with Gasteiger partial charge in [0.2, 0.25) is 0 Å². The second-order valence-electron chi connectivity index (χ2n) is 6.59. The average Bonchev–Trinajstić information content (AvgIpc) is 2.46. The van der Waals surface area contributed by atoms with Gasteiger partial charge in [0.05, 0.1) is 6.61 Å². The van der Waals surface area contributed by atoms with Crippen LogP contribution in [0.4, 0.5) is 0 Å². The molecule has 0 radical (unpaired) electrons. The molecule has 0 bridgehead atoms. The highest BCUT2D eigenvalue weighted by Crippen LogP contribution is 2.29. The lowest BCUT2D eigenvalue weighted by molar-refractivity contribution is 0.0607. The van der Waals surface area contributed by atoms with Gasteiger partial charge in [-0.1, -0.05) is 32.1 Å². The highest BCUT2D eigenvalue weighted by Gasteiger charge is 2.27. The Morgan fingerprint density at radius 3 is 2.53 bits per heavy atom. The summed E-state index contributed by atoms with van der Waals surface area (Å²) in [7, 11) is 1.82. The number of nitrogens with two attached hydrogens (primary N) is 1. The Labute approximate surface area is 118 Å². The molecule has 3 nitrogen and oxygen atoms in total. The van der Waals surface area contributed by atoms with Crippen LogP contribution in [0.3, 0.4) is 0 Å². The van der Waals surface area contributed by atoms with E-state index in [0.717, 1.165) is 25.0 Å². The number of rotatable bonds is 6. The minimum Gasteiger partial charge on any atom is -0.384 e. The van der Waals surface area contributed by atoms with E-state index < -0.39 is 0 Å². The Balaban J connectivity index is 1.81. The van der Waals surface area contributed by atoms with E-state index in [-0.39, 0.29) is 0 Å². The smallest absolute Gasteiger partial charge is 0.0502 e. The van der Waals surface area contributed by atoms with E-state index in [4.69, 9.17) is 10.5 Å². The van der Waals surface area contributed by atoms with E-state index in [2.05, 4.69) is 4.90 Å². The monoisotopic (exact) mass is 268 g/mol. The van der Waals surface area contributed by atoms with Crippen molar-refractivity contribution in [3.05, 3.63) is 0 Å². The highest BCUT2D eigenvalue weighted by molar-refractivity contribution is 4.82. The molecule has 0 aromatic rings. The molecule has 2 unspecified atom stereocenters. The summed E-state index contributed by atoms with van der Waals surface area (Å²) >= 11 is 0. The number of likely N-dealkylation sites (tertiary alicyclic amines) is 1. The molecule has 112 valence electrons. The van der Waals surface area contributed by atoms with E-state index in [1.807, 2.05) is 7.11 Å². The van der Waals surface area contributed by atoms with Crippen LogP contribution in [-0.4, -0.2) is 44.3 Å². The Bertz CT molecular complexity index is 239. The van der Waals surface area contributed by atoms with Crippen LogP contribution in [0, 0.1) is 11.8 Å². The molecule has 1 saturated heterocycles. The predicted molar refractivity (Wildman–Crippen MR) is 80.2 cm³/mol. The zero-order valence-electron chi connectivity index (χ0n) is 12.7. The summed E-state index contributed by atoms with van der Waals surface area (Å²) in [6.07, 6.45) is 11.2. The zero-order chi connectivity index (χ0) is 13.5. The van der Waals surface area contributed by atoms with Gasteiger partial charge in [0.1, 0.15) is 0 Å². The fourth-order valence-corrected chi connectivity index (χ4v) is 4.00. The SMILES string of the molecule is COCC1CCCN(C(CN)CC2CCCCC2)C1. The van der Waals surface area contributed by atoms with Crippen molar-refractivity contribution in [3.8, 4) is 0 Å². The lowest BCUT2D eigenvalue weighted by Gasteiger charge is -2.39. The molecule has 1 aliphatic heterocycles. The summed E-state index contributed by atoms with van der Waals surface area (Å²) in [5.74, 6) is 1.66. The van der Waals surface area contributed by atoms with Crippen molar-refractivity contribution >= 4 is 0 Å². The molecule has 2 rings (SSSR count). The van der Waals surface area contributed by atoms with Gasteiger partial charge >= 0.3 is 0 Å². The van der Waals surface area contributed by atoms with Gasteiger partial charge in [0.25, 0.3) is 0 Å². The molecule has 0 aromatic heterocycles. The third-order valence-corrected chi connectivity index (χ3v) is 5.07. The van der Waals surface area contributed by atoms with E-state index >= 15 is 0 Å². The lowest BCUT2D eigenvalue weighted by Crippen LogP contribution is -2.47. The van der Waals surface area contributed by atoms with Crippen LogP contribution in [0.25, 0.3) is 0 Å². The van der Waals surface area contributed by atoms with Crippen molar-refractivity contribution in [2.75, 3.05) is 33.4 Å². The van der Waals surface area contributed by atoms with E-state index in [1.54, 1.807) is 0 Å². The van der Waals surface area contributed by atoms with Crippen LogP contribution in [0.1, 0.15) is 51.4 Å². The molecule has 2 atom stereocenters. The summed E-state index contributed by atoms with van der Waals surface area (Å²) in [6.45, 7) is 4.19. The Morgan fingerprint density at radius 1 is 1.11 bits per heavy atom. The summed E-state index contributed by atoms with van der Waals surface area (Å²) in [5, 5.41) is 0. The maximum Gasteiger partial charge on any atom is 0.0502 e. The molecule has 0 aromatic carbocycles. The number of methoxy groups -OCH3 is 1. The van der Waals surface area contributed by atoms with Crippen LogP contribution in [0.15, 0.2) is 0 Å². The molecule has 2 N–H and O–H groups in total. The molecule has 0 amide bonds. The number of ether oxygens (including phenoxy) is 1. The molecule has 19 heavy (non-hydrogen) atoms. The number of hydrogen-bond donors (Lipinski definition) is 1. The molecule has 2 fully saturated rings. The van der Waals surface area contributed by atoms with Crippen molar-refractivity contribution in [2.45, 2.75) is 57.4 Å². The molecule has 2 aliphatic rings. The minimum atomic E-state index is 0.614. The van der Waals surface area contributed by atoms with Crippen LogP contribution < -0.4 is 5.73 Å². The first-order valence-corrected chi connectivity index (χ1v) is 8.26. The van der Waals surface area contributed by atoms with Gasteiger partial charge in [-0.3, -0.25) is 4.90 Å². The molecule has 1 aliphatic carbocycles. The van der Waals surface area contributed by atoms with E-state index in [1.165, 1.54) is 64.5 Å². The summed E-state index contributed by atoms with van der Waals surface area (Å²) in [4.78, 5) is 2.65. The minimum absolute atomic E-state index is 0.614. The summed E-state index contributed by atoms with van der Waals surface area (Å²) < 4.78 is 5.34. The second-order valence-corrected chi connectivity index (χ2v) is 6.59. The Morgan fingerprint density at radius 2 is 1.84 bits per heavy atom. The normalized spacial score (nSPS) is 28.4. The van der Waals surface area contributed by atoms with Gasteiger partial charge in [0, 0.05) is 26.2 Å². The lowest BCUT2D eigenvalue weighted by atomic mass is 9.84. The van der Waals surface area contributed by atoms with Crippen molar-refractivity contribution in [1.29, 1.82) is 0 Å². The van der Waals surface area contributed by atoms with E-state index in [0.29, 0.717) is 6.04 Å². The predicted octanol–water partition coefficient (Wildman–Crippen LogP) is 2.64. The third kappa shape index (κ3) is 4.73. The number of piperidine rings is 1. The topological polar surface area (TPSA) is 38.5 Å². The summed E-state index contributed by atoms with van der Waals surface area (Å²) in [6, 6.07) is 0.614. The van der Waals surface area contributed by atoms with Crippen molar-refractivity contribution in [3.63, 3.8) is 0 Å². The molecule has 3 heteroatoms. The van der Waals surface area contributed by atoms with Gasteiger partial charge in [-0.2, -0.15) is 0 Å². The first-order chi connectivity index (χ1) is 9.33. The maximum absolute atomic E-state index is 6.07. The fourth-order valence-electron chi connectivity index (χ4n) is 4.00. The summed E-state index contributed by atoms with van der Waals surface area (Å²) in [5.41, 5.74) is 6.07. The highest BCUT2D eigenvalue weighted by atomic mass is 16.5. The van der Waals surface area contributed by atoms with Crippen LogP contribution in [0.5, 0.6) is 0 Å². The fraction of sp³-hybridized carbons (Fsp3) is 1.00. The molecular weight excluding hydrogens is 236 g/mol. The zero-order valence-corrected chi connectivity index (χ0v) is 12.7. The molecular formula is C16H32N2O. The van der Waals surface area contributed by atoms with Gasteiger partial charge < -0.3 is 10.5 Å². The first-order valence-electron chi connectivity index (χ1n) is 8.26. The van der Waals surface area contributed by atoms with Crippen LogP contribution in [-0.2, 0) is 4.74 Å². The standard InChI is InChI=1S/C16H32N2O/c1-19-13-15-8-5-9-18(12-15)16(11-17)10-14-6-3-2-4-7-14/h14-16H,2-13,17H2,1H3. The van der Waals surface area contributed by atoms with Crippen molar-refractivity contribution < 1.29 is 4.74 Å². The Kier molecular flexibility index (Phi) is 6.62. The third-order valence-electron chi connectivity index (χ3n) is 5.07. The van der Waals surface area contributed by atoms with Crippen molar-refractivity contribution in [1.82, 2.24) is 4.90 Å². The second kappa shape index (κ2) is 8.23. The Hall–Kier alpha value is -0.120. The molecule has 0 spiro atoms. The average molecular weight is 268 g/mol. The van der Waals surface area contributed by atoms with Crippen molar-refractivity contribution in [2.24, 2.45) is 17.6 Å². The quantitative estimate of drug-likeness (QED) is 0.805. The van der Waals surface area contributed by atoms with Gasteiger partial charge in [-0.15, -0.1) is 0 Å². The van der Waals surface area contributed by atoms with E-state index in [9.17, 15) is 0 Å². The number of hydrogen-bond acceptors (Lipinski definition) is 3. The molecule has 1 saturated carbocycles. The van der Waals surface area contributed by atoms with Gasteiger partial charge in [-0.25, -0.2) is 0 Å². The van der Waals surface area contributed by atoms with Gasteiger partial charge in [0.15, 0.2) is 0 Å². The van der Waals surface area contributed by atoms with Gasteiger partial charge in [-0.05, 0) is 37.6 Å². The largest absolute Gasteiger partial charge is 0.384 e. The number of nitrogens with zero attached hydrogens (tertiary/aromatic N) is 1. The first kappa shape index (κ1) is 15.3.